The van der Waals surface area contributed by atoms with Gasteiger partial charge >= 0.3 is 10.2 Å². The summed E-state index contributed by atoms with van der Waals surface area (Å²) in [5, 5.41) is 0. The van der Waals surface area contributed by atoms with E-state index >= 15 is 0 Å². The van der Waals surface area contributed by atoms with Gasteiger partial charge in [-0.2, -0.15) is 12.7 Å². The van der Waals surface area contributed by atoms with Crippen LogP contribution in [0.3, 0.4) is 0 Å². The van der Waals surface area contributed by atoms with Crippen LogP contribution in [-0.4, -0.2) is 32.4 Å². The number of rotatable bonds is 4. The lowest BCUT2D eigenvalue weighted by Gasteiger charge is -2.30. The van der Waals surface area contributed by atoms with Crippen LogP contribution in [0.1, 0.15) is 12.8 Å². The fourth-order valence-electron chi connectivity index (χ4n) is 2.13. The van der Waals surface area contributed by atoms with E-state index in [1.165, 1.54) is 22.5 Å². The zero-order chi connectivity index (χ0) is 13.9. The molecule has 1 aromatic rings. The van der Waals surface area contributed by atoms with E-state index in [-0.39, 0.29) is 5.69 Å². The van der Waals surface area contributed by atoms with E-state index in [0.29, 0.717) is 25.6 Å². The van der Waals surface area contributed by atoms with Crippen LogP contribution in [0.25, 0.3) is 0 Å². The molecule has 1 aliphatic rings. The molecule has 0 amide bonds. The number of nitrogens with two attached hydrogens (primary N) is 1. The lowest BCUT2D eigenvalue weighted by atomic mass is 9.99. The zero-order valence-electron chi connectivity index (χ0n) is 10.5. The van der Waals surface area contributed by atoms with E-state index < -0.39 is 16.0 Å². The molecule has 19 heavy (non-hydrogen) atoms. The van der Waals surface area contributed by atoms with Gasteiger partial charge in [0.1, 0.15) is 5.82 Å². The fourth-order valence-corrected chi connectivity index (χ4v) is 3.40. The van der Waals surface area contributed by atoms with Gasteiger partial charge in [0.05, 0.1) is 5.69 Å². The maximum Gasteiger partial charge on any atom is 0.301 e. The lowest BCUT2D eigenvalue weighted by molar-refractivity contribution is 0.280. The second-order valence-electron chi connectivity index (χ2n) is 4.67. The molecule has 0 spiro atoms. The van der Waals surface area contributed by atoms with Gasteiger partial charge in [-0.3, -0.25) is 4.72 Å². The Morgan fingerprint density at radius 1 is 1.32 bits per heavy atom. The van der Waals surface area contributed by atoms with Gasteiger partial charge in [-0.1, -0.05) is 12.1 Å². The molecule has 0 radical (unpaired) electrons. The average Bonchev–Trinajstić information content (AvgIpc) is 2.41. The number of para-hydroxylation sites is 1. The third-order valence-electron chi connectivity index (χ3n) is 3.36. The molecular formula is C12H18FN3O2S. The predicted molar refractivity (Wildman–Crippen MR) is 72.3 cm³/mol. The molecule has 1 fully saturated rings. The van der Waals surface area contributed by atoms with E-state index in [9.17, 15) is 12.8 Å². The van der Waals surface area contributed by atoms with Gasteiger partial charge in [0.25, 0.3) is 0 Å². The van der Waals surface area contributed by atoms with Gasteiger partial charge < -0.3 is 5.73 Å². The largest absolute Gasteiger partial charge is 0.330 e. The van der Waals surface area contributed by atoms with Crippen molar-refractivity contribution in [2.75, 3.05) is 24.4 Å². The minimum absolute atomic E-state index is 0.0246. The van der Waals surface area contributed by atoms with Crippen molar-refractivity contribution in [1.82, 2.24) is 4.31 Å². The van der Waals surface area contributed by atoms with Crippen LogP contribution < -0.4 is 10.5 Å². The molecule has 0 saturated carbocycles. The second kappa shape index (κ2) is 5.85. The zero-order valence-corrected chi connectivity index (χ0v) is 11.4. The predicted octanol–water partition coefficient (Wildman–Crippen LogP) is 1.15. The monoisotopic (exact) mass is 287 g/mol. The highest BCUT2D eigenvalue weighted by Crippen LogP contribution is 2.21. The van der Waals surface area contributed by atoms with Gasteiger partial charge in [0.15, 0.2) is 0 Å². The van der Waals surface area contributed by atoms with Crippen LogP contribution in [0.5, 0.6) is 0 Å². The summed E-state index contributed by atoms with van der Waals surface area (Å²) in [5.74, 6) is -0.206. The summed E-state index contributed by atoms with van der Waals surface area (Å²) < 4.78 is 41.3. The van der Waals surface area contributed by atoms with Gasteiger partial charge in [-0.05, 0) is 37.4 Å². The first kappa shape index (κ1) is 14.2. The molecule has 0 atom stereocenters. The molecule has 7 heteroatoms. The van der Waals surface area contributed by atoms with E-state index in [2.05, 4.69) is 4.72 Å². The fraction of sp³-hybridized carbons (Fsp3) is 0.500. The van der Waals surface area contributed by atoms with Gasteiger partial charge in [0, 0.05) is 13.1 Å². The molecule has 5 nitrogen and oxygen atoms in total. The maximum atomic E-state index is 13.4. The minimum atomic E-state index is -3.69. The number of piperidine rings is 1. The molecule has 0 aliphatic carbocycles. The third-order valence-corrected chi connectivity index (χ3v) is 4.88. The van der Waals surface area contributed by atoms with Crippen molar-refractivity contribution >= 4 is 15.9 Å². The van der Waals surface area contributed by atoms with Crippen LogP contribution in [0, 0.1) is 11.7 Å². The van der Waals surface area contributed by atoms with Crippen LogP contribution in [0.4, 0.5) is 10.1 Å². The van der Waals surface area contributed by atoms with Crippen molar-refractivity contribution in [3.8, 4) is 0 Å². The Hall–Kier alpha value is -1.18. The molecule has 0 aromatic heterocycles. The second-order valence-corrected chi connectivity index (χ2v) is 6.34. The number of hydrogen-bond donors (Lipinski definition) is 2. The van der Waals surface area contributed by atoms with E-state index in [1.54, 1.807) is 6.07 Å². The molecule has 0 unspecified atom stereocenters. The van der Waals surface area contributed by atoms with E-state index in [1.807, 2.05) is 0 Å². The lowest BCUT2D eigenvalue weighted by Crippen LogP contribution is -2.42. The van der Waals surface area contributed by atoms with Crippen LogP contribution in [0.15, 0.2) is 24.3 Å². The number of nitrogens with zero attached hydrogens (tertiary/aromatic N) is 1. The van der Waals surface area contributed by atoms with Gasteiger partial charge in [0.2, 0.25) is 0 Å². The molecule has 1 aromatic carbocycles. The molecule has 1 saturated heterocycles. The van der Waals surface area contributed by atoms with Crippen molar-refractivity contribution in [2.45, 2.75) is 12.8 Å². The van der Waals surface area contributed by atoms with Crippen LogP contribution in [0.2, 0.25) is 0 Å². The summed E-state index contributed by atoms with van der Waals surface area (Å²) in [5.41, 5.74) is 5.54. The maximum absolute atomic E-state index is 13.4. The van der Waals surface area contributed by atoms with Crippen molar-refractivity contribution < 1.29 is 12.8 Å². The molecular weight excluding hydrogens is 269 g/mol. The highest BCUT2D eigenvalue weighted by Gasteiger charge is 2.27. The Bertz CT molecular complexity index is 528. The Morgan fingerprint density at radius 2 is 1.95 bits per heavy atom. The Labute approximate surface area is 112 Å². The molecule has 106 valence electrons. The summed E-state index contributed by atoms with van der Waals surface area (Å²) in [6, 6.07) is 5.72. The van der Waals surface area contributed by atoms with Crippen molar-refractivity contribution in [1.29, 1.82) is 0 Å². The quantitative estimate of drug-likeness (QED) is 0.872. The van der Waals surface area contributed by atoms with Crippen molar-refractivity contribution in [3.05, 3.63) is 30.1 Å². The topological polar surface area (TPSA) is 75.4 Å². The highest BCUT2D eigenvalue weighted by molar-refractivity contribution is 7.90. The van der Waals surface area contributed by atoms with Crippen LogP contribution >= 0.6 is 0 Å². The van der Waals surface area contributed by atoms with Crippen LogP contribution in [-0.2, 0) is 10.2 Å². The van der Waals surface area contributed by atoms with Gasteiger partial charge in [-0.25, -0.2) is 4.39 Å². The molecule has 3 N–H and O–H groups in total. The highest BCUT2D eigenvalue weighted by atomic mass is 32.2. The standard InChI is InChI=1S/C12H18FN3O2S/c13-11-3-1-2-4-12(11)15-19(17,18)16-7-5-10(9-14)6-8-16/h1-4,10,15H,5-9,14H2. The summed E-state index contributed by atoms with van der Waals surface area (Å²) in [7, 11) is -3.69. The number of hydrogen-bond acceptors (Lipinski definition) is 3. The first-order valence-corrected chi connectivity index (χ1v) is 7.69. The van der Waals surface area contributed by atoms with Gasteiger partial charge in [-0.15, -0.1) is 0 Å². The summed E-state index contributed by atoms with van der Waals surface area (Å²) >= 11 is 0. The summed E-state index contributed by atoms with van der Waals surface area (Å²) in [6.07, 6.45) is 1.49. The Morgan fingerprint density at radius 3 is 2.53 bits per heavy atom. The number of nitrogens with one attached hydrogen (secondary N) is 1. The number of anilines is 1. The molecule has 1 aliphatic heterocycles. The van der Waals surface area contributed by atoms with Crippen molar-refractivity contribution in [2.24, 2.45) is 11.7 Å². The Balaban J connectivity index is 2.05. The first-order chi connectivity index (χ1) is 9.03. The number of benzene rings is 1. The average molecular weight is 287 g/mol. The van der Waals surface area contributed by atoms with Crippen molar-refractivity contribution in [3.63, 3.8) is 0 Å². The first-order valence-electron chi connectivity index (χ1n) is 6.25. The molecule has 2 rings (SSSR count). The normalized spacial score (nSPS) is 18.4. The third kappa shape index (κ3) is 3.43. The summed E-state index contributed by atoms with van der Waals surface area (Å²) in [6.45, 7) is 1.42. The smallest absolute Gasteiger partial charge is 0.301 e. The Kier molecular flexibility index (Phi) is 4.38. The minimum Gasteiger partial charge on any atom is -0.330 e. The number of halogens is 1. The van der Waals surface area contributed by atoms with E-state index in [0.717, 1.165) is 12.8 Å². The molecule has 1 heterocycles. The SMILES string of the molecule is NCC1CCN(S(=O)(=O)Nc2ccccc2F)CC1. The molecule has 0 bridgehead atoms. The summed E-state index contributed by atoms with van der Waals surface area (Å²) in [4.78, 5) is 0. The van der Waals surface area contributed by atoms with E-state index in [4.69, 9.17) is 5.73 Å².